The van der Waals surface area contributed by atoms with Gasteiger partial charge in [0.25, 0.3) is 0 Å². The number of anilines is 1. The van der Waals surface area contributed by atoms with Gasteiger partial charge in [-0.2, -0.15) is 0 Å². The Morgan fingerprint density at radius 2 is 1.76 bits per heavy atom. The van der Waals surface area contributed by atoms with E-state index in [-0.39, 0.29) is 41.9 Å². The number of nitrogens with zero attached hydrogens (tertiary/aromatic N) is 4. The molecule has 2 aliphatic rings. The van der Waals surface area contributed by atoms with Crippen LogP contribution in [0, 0.1) is 5.82 Å². The van der Waals surface area contributed by atoms with E-state index in [1.807, 2.05) is 51.8 Å². The van der Waals surface area contributed by atoms with E-state index in [4.69, 9.17) is 9.72 Å². The fraction of sp³-hybridized carbons (Fsp3) is 0.552. The quantitative estimate of drug-likeness (QED) is 0.593. The zero-order valence-corrected chi connectivity index (χ0v) is 23.0. The molecule has 0 saturated carbocycles. The Morgan fingerprint density at radius 3 is 2.41 bits per heavy atom. The average molecular weight is 511 g/mol. The van der Waals surface area contributed by atoms with Crippen LogP contribution in [-0.2, 0) is 21.4 Å². The molecule has 37 heavy (non-hydrogen) atoms. The number of carbonyl (C=O) groups is 2. The fourth-order valence-corrected chi connectivity index (χ4v) is 5.19. The van der Waals surface area contributed by atoms with Crippen LogP contribution < -0.4 is 4.90 Å². The molecule has 0 bridgehead atoms. The van der Waals surface area contributed by atoms with Gasteiger partial charge in [-0.05, 0) is 70.4 Å². The van der Waals surface area contributed by atoms with Crippen molar-refractivity contribution in [3.8, 4) is 0 Å². The number of benzene rings is 1. The van der Waals surface area contributed by atoms with E-state index in [9.17, 15) is 14.0 Å². The maximum atomic E-state index is 13.6. The number of rotatable bonds is 4. The third kappa shape index (κ3) is 6.12. The molecule has 2 aromatic rings. The molecule has 7 nitrogen and oxygen atoms in total. The minimum Gasteiger partial charge on any atom is -0.444 e. The Balaban J connectivity index is 1.47. The lowest BCUT2D eigenvalue weighted by molar-refractivity contribution is -0.121. The number of halogens is 1. The van der Waals surface area contributed by atoms with Crippen molar-refractivity contribution >= 4 is 17.7 Å². The van der Waals surface area contributed by atoms with Gasteiger partial charge in [0, 0.05) is 43.3 Å². The molecule has 1 aromatic carbocycles. The van der Waals surface area contributed by atoms with Gasteiger partial charge in [-0.15, -0.1) is 0 Å². The summed E-state index contributed by atoms with van der Waals surface area (Å²) in [5.74, 6) is -0.234. The SMILES string of the molecule is CC1CN(CC(=O)N2CC(C)(C)c3ncc(Cc4ccc(F)cc4)cc32)[C@@H](C)CN1C(=O)OC(C)(C)C. The van der Waals surface area contributed by atoms with Crippen LogP contribution in [0.3, 0.4) is 0 Å². The smallest absolute Gasteiger partial charge is 0.410 e. The lowest BCUT2D eigenvalue weighted by Crippen LogP contribution is -2.60. The summed E-state index contributed by atoms with van der Waals surface area (Å²) >= 11 is 0. The molecular formula is C29H39FN4O3. The van der Waals surface area contributed by atoms with Crippen molar-refractivity contribution in [1.82, 2.24) is 14.8 Å². The van der Waals surface area contributed by atoms with Gasteiger partial charge in [0.1, 0.15) is 11.4 Å². The molecule has 0 aliphatic carbocycles. The summed E-state index contributed by atoms with van der Waals surface area (Å²) in [6.45, 7) is 15.8. The molecule has 3 heterocycles. The van der Waals surface area contributed by atoms with Crippen LogP contribution in [0.2, 0.25) is 0 Å². The molecule has 200 valence electrons. The van der Waals surface area contributed by atoms with Gasteiger partial charge >= 0.3 is 6.09 Å². The summed E-state index contributed by atoms with van der Waals surface area (Å²) in [6.07, 6.45) is 2.16. The van der Waals surface area contributed by atoms with Crippen LogP contribution in [0.5, 0.6) is 0 Å². The summed E-state index contributed by atoms with van der Waals surface area (Å²) < 4.78 is 18.9. The van der Waals surface area contributed by atoms with Crippen molar-refractivity contribution in [2.45, 2.75) is 78.0 Å². The first-order valence-electron chi connectivity index (χ1n) is 13.0. The van der Waals surface area contributed by atoms with Crippen LogP contribution in [0.25, 0.3) is 0 Å². The van der Waals surface area contributed by atoms with Gasteiger partial charge in [-0.1, -0.05) is 26.0 Å². The number of carbonyl (C=O) groups excluding carboxylic acids is 2. The number of aromatic nitrogens is 1. The third-order valence-corrected chi connectivity index (χ3v) is 7.11. The third-order valence-electron chi connectivity index (χ3n) is 7.11. The number of piperazine rings is 1. The normalized spacial score (nSPS) is 21.6. The second-order valence-corrected chi connectivity index (χ2v) is 12.1. The zero-order chi connectivity index (χ0) is 27.1. The van der Waals surface area contributed by atoms with Crippen LogP contribution in [0.4, 0.5) is 14.9 Å². The van der Waals surface area contributed by atoms with Gasteiger partial charge in [-0.3, -0.25) is 14.7 Å². The highest BCUT2D eigenvalue weighted by Gasteiger charge is 2.41. The highest BCUT2D eigenvalue weighted by molar-refractivity contribution is 5.97. The fourth-order valence-electron chi connectivity index (χ4n) is 5.19. The Bertz CT molecular complexity index is 1160. The predicted molar refractivity (Wildman–Crippen MR) is 142 cm³/mol. The average Bonchev–Trinajstić information content (AvgIpc) is 3.06. The lowest BCUT2D eigenvalue weighted by Gasteiger charge is -2.44. The summed E-state index contributed by atoms with van der Waals surface area (Å²) in [4.78, 5) is 36.8. The Morgan fingerprint density at radius 1 is 1.08 bits per heavy atom. The monoisotopic (exact) mass is 510 g/mol. The molecule has 2 atom stereocenters. The van der Waals surface area contributed by atoms with E-state index in [2.05, 4.69) is 18.7 Å². The largest absolute Gasteiger partial charge is 0.444 e. The van der Waals surface area contributed by atoms with Crippen molar-refractivity contribution in [1.29, 1.82) is 0 Å². The minimum absolute atomic E-state index is 0.0192. The first kappa shape index (κ1) is 27.0. The molecule has 1 fully saturated rings. The highest BCUT2D eigenvalue weighted by Crippen LogP contribution is 2.40. The second kappa shape index (κ2) is 10.0. The molecule has 0 radical (unpaired) electrons. The van der Waals surface area contributed by atoms with E-state index < -0.39 is 5.60 Å². The van der Waals surface area contributed by atoms with Gasteiger partial charge in [0.15, 0.2) is 0 Å². The molecule has 0 spiro atoms. The molecule has 0 N–H and O–H groups in total. The lowest BCUT2D eigenvalue weighted by atomic mass is 9.91. The number of hydrogen-bond donors (Lipinski definition) is 0. The molecule has 4 rings (SSSR count). The van der Waals surface area contributed by atoms with E-state index in [0.717, 1.165) is 22.5 Å². The maximum Gasteiger partial charge on any atom is 0.410 e. The Labute approximate surface area is 219 Å². The number of fused-ring (bicyclic) bond motifs is 1. The summed E-state index contributed by atoms with van der Waals surface area (Å²) in [7, 11) is 0. The van der Waals surface area contributed by atoms with E-state index in [0.29, 0.717) is 26.1 Å². The molecule has 8 heteroatoms. The number of ether oxygens (including phenoxy) is 1. The molecule has 2 amide bonds. The number of hydrogen-bond acceptors (Lipinski definition) is 5. The maximum absolute atomic E-state index is 13.6. The van der Waals surface area contributed by atoms with Crippen LogP contribution in [0.15, 0.2) is 36.5 Å². The predicted octanol–water partition coefficient (Wildman–Crippen LogP) is 4.77. The summed E-state index contributed by atoms with van der Waals surface area (Å²) in [5.41, 5.74) is 2.93. The van der Waals surface area contributed by atoms with Gasteiger partial charge < -0.3 is 14.5 Å². The summed E-state index contributed by atoms with van der Waals surface area (Å²) in [5, 5.41) is 0. The van der Waals surface area contributed by atoms with Crippen LogP contribution >= 0.6 is 0 Å². The van der Waals surface area contributed by atoms with Crippen molar-refractivity contribution < 1.29 is 18.7 Å². The second-order valence-electron chi connectivity index (χ2n) is 12.1. The van der Waals surface area contributed by atoms with Crippen LogP contribution in [-0.4, -0.2) is 70.6 Å². The molecule has 1 unspecified atom stereocenters. The van der Waals surface area contributed by atoms with Crippen LogP contribution in [0.1, 0.15) is 65.3 Å². The van der Waals surface area contributed by atoms with Gasteiger partial charge in [0.05, 0.1) is 17.9 Å². The highest BCUT2D eigenvalue weighted by atomic mass is 19.1. The van der Waals surface area contributed by atoms with Crippen molar-refractivity contribution in [3.63, 3.8) is 0 Å². The molecule has 2 aliphatic heterocycles. The van der Waals surface area contributed by atoms with E-state index in [1.54, 1.807) is 17.0 Å². The Kier molecular flexibility index (Phi) is 7.34. The zero-order valence-electron chi connectivity index (χ0n) is 23.0. The van der Waals surface area contributed by atoms with E-state index >= 15 is 0 Å². The number of amides is 2. The minimum atomic E-state index is -0.549. The molecule has 1 saturated heterocycles. The molecular weight excluding hydrogens is 471 g/mol. The first-order chi connectivity index (χ1) is 17.2. The number of pyridine rings is 1. The summed E-state index contributed by atoms with van der Waals surface area (Å²) in [6, 6.07) is 8.46. The van der Waals surface area contributed by atoms with Crippen molar-refractivity contribution in [2.75, 3.05) is 31.1 Å². The standard InChI is InChI=1S/C29H39FN4O3/c1-19-16-33(27(36)37-28(3,4)5)20(2)15-32(19)17-25(35)34-18-29(6,7)26-24(34)13-22(14-31-26)12-21-8-10-23(30)11-9-21/h8-11,13-14,19-20H,12,15-18H2,1-7H3/t19-,20?/m0/s1. The van der Waals surface area contributed by atoms with Crippen molar-refractivity contribution in [3.05, 3.63) is 59.2 Å². The van der Waals surface area contributed by atoms with Crippen molar-refractivity contribution in [2.24, 2.45) is 0 Å². The first-order valence-corrected chi connectivity index (χ1v) is 13.0. The van der Waals surface area contributed by atoms with Gasteiger partial charge in [0.2, 0.25) is 5.91 Å². The molecule has 1 aromatic heterocycles. The Hall–Kier alpha value is -3.00. The van der Waals surface area contributed by atoms with Gasteiger partial charge in [-0.25, -0.2) is 9.18 Å². The topological polar surface area (TPSA) is 66.0 Å². The van der Waals surface area contributed by atoms with E-state index in [1.165, 1.54) is 12.1 Å².